The molecule has 28 heavy (non-hydrogen) atoms. The van der Waals surface area contributed by atoms with Crippen molar-refractivity contribution in [1.82, 2.24) is 4.98 Å². The Morgan fingerprint density at radius 3 is 2.64 bits per heavy atom. The van der Waals surface area contributed by atoms with Crippen molar-refractivity contribution in [2.24, 2.45) is 5.10 Å². The summed E-state index contributed by atoms with van der Waals surface area (Å²) in [6.45, 7) is 6.03. The van der Waals surface area contributed by atoms with Gasteiger partial charge >= 0.3 is 5.97 Å². The van der Waals surface area contributed by atoms with Crippen LogP contribution in [-0.4, -0.2) is 29.3 Å². The molecule has 1 N–H and O–H groups in total. The summed E-state index contributed by atoms with van der Waals surface area (Å²) in [5.41, 5.74) is 3.23. The summed E-state index contributed by atoms with van der Waals surface area (Å²) in [5.74, 6) is -1.81. The molecule has 3 rings (SSSR count). The fourth-order valence-corrected chi connectivity index (χ4v) is 3.17. The van der Waals surface area contributed by atoms with Crippen molar-refractivity contribution in [3.8, 4) is 11.3 Å². The second-order valence-corrected chi connectivity index (χ2v) is 6.47. The van der Waals surface area contributed by atoms with Crippen molar-refractivity contribution in [3.05, 3.63) is 70.4 Å². The monoisotopic (exact) mass is 399 g/mol. The number of rotatable bonds is 5. The van der Waals surface area contributed by atoms with Gasteiger partial charge in [-0.3, -0.25) is 0 Å². The van der Waals surface area contributed by atoms with Crippen molar-refractivity contribution >= 4 is 28.7 Å². The van der Waals surface area contributed by atoms with Gasteiger partial charge in [-0.05, 0) is 30.7 Å². The van der Waals surface area contributed by atoms with E-state index in [1.54, 1.807) is 12.1 Å². The van der Waals surface area contributed by atoms with E-state index < -0.39 is 11.8 Å². The molecule has 146 valence electrons. The number of carboxylic acids is 1. The average molecular weight is 399 g/mol. The van der Waals surface area contributed by atoms with E-state index >= 15 is 0 Å². The largest absolute Gasteiger partial charge is 0.478 e. The van der Waals surface area contributed by atoms with E-state index in [1.807, 2.05) is 50.4 Å². The molecule has 0 bridgehead atoms. The van der Waals surface area contributed by atoms with Gasteiger partial charge in [-0.1, -0.05) is 38.1 Å². The van der Waals surface area contributed by atoms with Crippen LogP contribution in [0.5, 0.6) is 0 Å². The van der Waals surface area contributed by atoms with Crippen LogP contribution in [0.15, 0.2) is 52.9 Å². The van der Waals surface area contributed by atoms with Gasteiger partial charge in [0, 0.05) is 23.6 Å². The summed E-state index contributed by atoms with van der Waals surface area (Å²) < 4.78 is 13.2. The molecule has 0 aliphatic rings. The zero-order valence-corrected chi connectivity index (χ0v) is 17.0. The zero-order chi connectivity index (χ0) is 20.7. The van der Waals surface area contributed by atoms with E-state index in [1.165, 1.54) is 29.7 Å². The van der Waals surface area contributed by atoms with Gasteiger partial charge < -0.3 is 5.11 Å². The third kappa shape index (κ3) is 5.01. The van der Waals surface area contributed by atoms with E-state index in [0.29, 0.717) is 10.7 Å². The highest BCUT2D eigenvalue weighted by atomic mass is 32.1. The first kappa shape index (κ1) is 21.2. The molecule has 0 aliphatic heterocycles. The van der Waals surface area contributed by atoms with Crippen LogP contribution in [0.1, 0.15) is 35.3 Å². The van der Waals surface area contributed by atoms with Crippen molar-refractivity contribution in [2.75, 3.05) is 12.1 Å². The van der Waals surface area contributed by atoms with E-state index in [9.17, 15) is 14.3 Å². The number of nitrogens with zero attached hydrogens (tertiary/aromatic N) is 3. The number of carbonyl (C=O) groups is 1. The maximum Gasteiger partial charge on any atom is 0.336 e. The van der Waals surface area contributed by atoms with Gasteiger partial charge in [0.25, 0.3) is 0 Å². The molecule has 0 spiro atoms. The smallest absolute Gasteiger partial charge is 0.336 e. The summed E-state index contributed by atoms with van der Waals surface area (Å²) >= 11 is 1.43. The van der Waals surface area contributed by atoms with Crippen LogP contribution < -0.4 is 5.01 Å². The standard InChI is InChI=1S/C19H16FN3O2S.C2H6/c1-12-5-3-4-6-15(12)17-11-26-19(22-17)23(2)21-10-13-7-8-14(20)9-16(13)18(24)25;1-2/h3-11H,1-2H3,(H,24,25);1-2H3/b21-10+;. The van der Waals surface area contributed by atoms with Crippen LogP contribution in [0.3, 0.4) is 0 Å². The first-order valence-electron chi connectivity index (χ1n) is 8.78. The molecule has 2 aromatic carbocycles. The number of halogens is 1. The normalized spacial score (nSPS) is 10.5. The number of benzene rings is 2. The number of hydrogen-bond acceptors (Lipinski definition) is 5. The van der Waals surface area contributed by atoms with E-state index in [0.717, 1.165) is 22.9 Å². The van der Waals surface area contributed by atoms with E-state index in [2.05, 4.69) is 10.1 Å². The Hall–Kier alpha value is -3.06. The number of hydrazone groups is 1. The molecule has 0 atom stereocenters. The van der Waals surface area contributed by atoms with Crippen molar-refractivity contribution in [1.29, 1.82) is 0 Å². The molecule has 5 nitrogen and oxygen atoms in total. The molecule has 0 saturated carbocycles. The predicted octanol–water partition coefficient (Wildman–Crippen LogP) is 5.45. The van der Waals surface area contributed by atoms with E-state index in [-0.39, 0.29) is 5.56 Å². The van der Waals surface area contributed by atoms with Crippen LogP contribution in [-0.2, 0) is 0 Å². The molecular weight excluding hydrogens is 377 g/mol. The van der Waals surface area contributed by atoms with Crippen LogP contribution in [0.4, 0.5) is 9.52 Å². The lowest BCUT2D eigenvalue weighted by atomic mass is 10.1. The average Bonchev–Trinajstić information content (AvgIpc) is 3.18. The van der Waals surface area contributed by atoms with Crippen molar-refractivity contribution in [2.45, 2.75) is 20.8 Å². The first-order chi connectivity index (χ1) is 13.5. The Morgan fingerprint density at radius 2 is 1.96 bits per heavy atom. The molecule has 1 aromatic heterocycles. The number of carboxylic acid groups (broad SMARTS) is 1. The van der Waals surface area contributed by atoms with Crippen molar-refractivity contribution < 1.29 is 14.3 Å². The van der Waals surface area contributed by atoms with Gasteiger partial charge in [-0.25, -0.2) is 19.2 Å². The maximum absolute atomic E-state index is 13.2. The third-order valence-corrected chi connectivity index (χ3v) is 4.71. The van der Waals surface area contributed by atoms with E-state index in [4.69, 9.17) is 0 Å². The summed E-state index contributed by atoms with van der Waals surface area (Å²) in [6, 6.07) is 11.5. The second-order valence-electron chi connectivity index (χ2n) is 5.64. The second kappa shape index (κ2) is 9.75. The molecule has 0 aliphatic carbocycles. The highest BCUT2D eigenvalue weighted by Gasteiger charge is 2.12. The fraction of sp³-hybridized carbons (Fsp3) is 0.190. The van der Waals surface area contributed by atoms with Crippen LogP contribution in [0, 0.1) is 12.7 Å². The summed E-state index contributed by atoms with van der Waals surface area (Å²) in [5, 5.41) is 17.6. The van der Waals surface area contributed by atoms with Gasteiger partial charge in [-0.15, -0.1) is 11.3 Å². The quantitative estimate of drug-likeness (QED) is 0.457. The number of aromatic carboxylic acids is 1. The van der Waals surface area contributed by atoms with Gasteiger partial charge in [0.15, 0.2) is 0 Å². The molecular formula is C21H22FN3O2S. The first-order valence-corrected chi connectivity index (χ1v) is 9.66. The molecule has 0 fully saturated rings. The van der Waals surface area contributed by atoms with Crippen LogP contribution in [0.25, 0.3) is 11.3 Å². The SMILES string of the molecule is CC.Cc1ccccc1-c1csc(N(C)/N=C/c2ccc(F)cc2C(=O)O)n1. The van der Waals surface area contributed by atoms with Crippen molar-refractivity contribution in [3.63, 3.8) is 0 Å². The van der Waals surface area contributed by atoms with Gasteiger partial charge in [-0.2, -0.15) is 5.10 Å². The minimum Gasteiger partial charge on any atom is -0.478 e. The predicted molar refractivity (Wildman–Crippen MR) is 113 cm³/mol. The number of aryl methyl sites for hydroxylation is 1. The lowest BCUT2D eigenvalue weighted by Crippen LogP contribution is -2.10. The highest BCUT2D eigenvalue weighted by Crippen LogP contribution is 2.28. The number of hydrogen-bond donors (Lipinski definition) is 1. The third-order valence-electron chi connectivity index (χ3n) is 3.81. The summed E-state index contributed by atoms with van der Waals surface area (Å²) in [7, 11) is 1.72. The molecule has 0 unspecified atom stereocenters. The minimum absolute atomic E-state index is 0.137. The van der Waals surface area contributed by atoms with Crippen LogP contribution >= 0.6 is 11.3 Å². The molecule has 1 heterocycles. The Labute approximate surface area is 167 Å². The number of anilines is 1. The summed E-state index contributed by atoms with van der Waals surface area (Å²) in [4.78, 5) is 15.8. The minimum atomic E-state index is -1.20. The molecule has 3 aromatic rings. The Bertz CT molecular complexity index is 985. The molecule has 0 radical (unpaired) electrons. The lowest BCUT2D eigenvalue weighted by molar-refractivity contribution is 0.0696. The molecule has 0 amide bonds. The van der Waals surface area contributed by atoms with Gasteiger partial charge in [0.05, 0.1) is 17.5 Å². The Balaban J connectivity index is 0.00000136. The van der Waals surface area contributed by atoms with Gasteiger partial charge in [0.2, 0.25) is 5.13 Å². The number of aromatic nitrogens is 1. The number of thiazole rings is 1. The van der Waals surface area contributed by atoms with Crippen LogP contribution in [0.2, 0.25) is 0 Å². The Kier molecular flexibility index (Phi) is 7.40. The van der Waals surface area contributed by atoms with Gasteiger partial charge in [0.1, 0.15) is 5.82 Å². The highest BCUT2D eigenvalue weighted by molar-refractivity contribution is 7.14. The Morgan fingerprint density at radius 1 is 1.25 bits per heavy atom. The fourth-order valence-electron chi connectivity index (χ4n) is 2.42. The maximum atomic E-state index is 13.2. The zero-order valence-electron chi connectivity index (χ0n) is 16.2. The lowest BCUT2D eigenvalue weighted by Gasteiger charge is -2.09. The molecule has 0 saturated heterocycles. The molecule has 7 heteroatoms. The summed E-state index contributed by atoms with van der Waals surface area (Å²) in [6.07, 6.45) is 1.39. The topological polar surface area (TPSA) is 65.8 Å².